The van der Waals surface area contributed by atoms with Crippen molar-refractivity contribution in [1.82, 2.24) is 4.90 Å². The van der Waals surface area contributed by atoms with Crippen LogP contribution in [0.15, 0.2) is 30.3 Å². The summed E-state index contributed by atoms with van der Waals surface area (Å²) in [5.41, 5.74) is 1.09. The summed E-state index contributed by atoms with van der Waals surface area (Å²) in [7, 11) is 0. The topological polar surface area (TPSA) is 46.6 Å². The average molecular weight is 219 g/mol. The Balaban J connectivity index is 2.10. The summed E-state index contributed by atoms with van der Waals surface area (Å²) < 4.78 is 4.88. The van der Waals surface area contributed by atoms with Gasteiger partial charge in [0.25, 0.3) is 0 Å². The number of hydrogen-bond acceptors (Lipinski definition) is 3. The number of cyclic esters (lactones) is 1. The van der Waals surface area contributed by atoms with E-state index in [9.17, 15) is 9.59 Å². The molecule has 1 aromatic rings. The van der Waals surface area contributed by atoms with Gasteiger partial charge in [-0.25, -0.2) is 9.69 Å². The Kier molecular flexibility index (Phi) is 2.90. The standard InChI is InChI=1S/C12H13NO3/c1-9(14)13-11(8-16-12(13)15)7-10-5-3-2-4-6-10/h2-6,11H,7-8H2,1H3/t11-/m1/s1. The maximum Gasteiger partial charge on any atom is 0.416 e. The molecule has 84 valence electrons. The Morgan fingerprint density at radius 1 is 1.44 bits per heavy atom. The molecule has 1 atom stereocenters. The summed E-state index contributed by atoms with van der Waals surface area (Å²) in [6.07, 6.45) is 0.111. The molecule has 1 fully saturated rings. The van der Waals surface area contributed by atoms with Crippen LogP contribution in [0.2, 0.25) is 0 Å². The highest BCUT2D eigenvalue weighted by atomic mass is 16.6. The van der Waals surface area contributed by atoms with Crippen molar-refractivity contribution in [2.75, 3.05) is 6.61 Å². The number of ether oxygens (including phenoxy) is 1. The van der Waals surface area contributed by atoms with Gasteiger partial charge in [0.05, 0.1) is 6.04 Å². The van der Waals surface area contributed by atoms with Gasteiger partial charge in [0.15, 0.2) is 0 Å². The molecule has 0 aromatic heterocycles. The van der Waals surface area contributed by atoms with Gasteiger partial charge in [0.2, 0.25) is 5.91 Å². The van der Waals surface area contributed by atoms with E-state index < -0.39 is 6.09 Å². The second-order valence-electron chi connectivity index (χ2n) is 3.81. The number of nitrogens with zero attached hydrogens (tertiary/aromatic N) is 1. The Morgan fingerprint density at radius 2 is 2.12 bits per heavy atom. The Labute approximate surface area is 93.8 Å². The van der Waals surface area contributed by atoms with Crippen LogP contribution >= 0.6 is 0 Å². The molecule has 1 aliphatic rings. The van der Waals surface area contributed by atoms with E-state index in [0.29, 0.717) is 6.42 Å². The van der Waals surface area contributed by atoms with E-state index in [1.54, 1.807) is 0 Å². The molecule has 1 aromatic carbocycles. The van der Waals surface area contributed by atoms with Crippen molar-refractivity contribution in [1.29, 1.82) is 0 Å². The number of carbonyl (C=O) groups is 2. The predicted octanol–water partition coefficient (Wildman–Crippen LogP) is 1.60. The molecule has 16 heavy (non-hydrogen) atoms. The summed E-state index contributed by atoms with van der Waals surface area (Å²) >= 11 is 0. The van der Waals surface area contributed by atoms with Gasteiger partial charge >= 0.3 is 6.09 Å². The highest BCUT2D eigenvalue weighted by molar-refractivity contribution is 5.92. The smallest absolute Gasteiger partial charge is 0.416 e. The van der Waals surface area contributed by atoms with E-state index in [1.807, 2.05) is 30.3 Å². The summed E-state index contributed by atoms with van der Waals surface area (Å²) in [6, 6.07) is 9.58. The Bertz CT molecular complexity index is 402. The van der Waals surface area contributed by atoms with E-state index in [-0.39, 0.29) is 18.6 Å². The fourth-order valence-electron chi connectivity index (χ4n) is 1.88. The number of amides is 2. The van der Waals surface area contributed by atoms with Crippen molar-refractivity contribution in [3.8, 4) is 0 Å². The number of hydrogen-bond donors (Lipinski definition) is 0. The molecule has 2 amide bonds. The molecule has 2 rings (SSSR count). The second-order valence-corrected chi connectivity index (χ2v) is 3.81. The third-order valence-electron chi connectivity index (χ3n) is 2.61. The summed E-state index contributed by atoms with van der Waals surface area (Å²) in [5.74, 6) is -0.261. The first-order chi connectivity index (χ1) is 7.68. The lowest BCUT2D eigenvalue weighted by Crippen LogP contribution is -2.38. The molecule has 4 heteroatoms. The minimum atomic E-state index is -0.534. The van der Waals surface area contributed by atoms with Crippen LogP contribution < -0.4 is 0 Å². The normalized spacial score (nSPS) is 19.7. The molecule has 0 N–H and O–H groups in total. The molecule has 1 aliphatic heterocycles. The molecular weight excluding hydrogens is 206 g/mol. The first-order valence-electron chi connectivity index (χ1n) is 5.19. The molecule has 0 spiro atoms. The molecular formula is C12H13NO3. The third kappa shape index (κ3) is 2.05. The number of imide groups is 1. The van der Waals surface area contributed by atoms with E-state index in [4.69, 9.17) is 4.74 Å². The van der Waals surface area contributed by atoms with Gasteiger partial charge in [-0.3, -0.25) is 4.79 Å². The van der Waals surface area contributed by atoms with Gasteiger partial charge in [-0.2, -0.15) is 0 Å². The van der Waals surface area contributed by atoms with E-state index >= 15 is 0 Å². The molecule has 0 bridgehead atoms. The minimum absolute atomic E-state index is 0.174. The highest BCUT2D eigenvalue weighted by Gasteiger charge is 2.35. The SMILES string of the molecule is CC(=O)N1C(=O)OC[C@H]1Cc1ccccc1. The summed E-state index contributed by atoms with van der Waals surface area (Å²) in [4.78, 5) is 23.8. The fourth-order valence-corrected chi connectivity index (χ4v) is 1.88. The van der Waals surface area contributed by atoms with Crippen LogP contribution in [0.25, 0.3) is 0 Å². The van der Waals surface area contributed by atoms with Gasteiger partial charge in [0.1, 0.15) is 6.61 Å². The van der Waals surface area contributed by atoms with Crippen LogP contribution in [-0.2, 0) is 16.0 Å². The van der Waals surface area contributed by atoms with E-state index in [1.165, 1.54) is 11.8 Å². The summed E-state index contributed by atoms with van der Waals surface area (Å²) in [6.45, 7) is 1.66. The van der Waals surface area contributed by atoms with Crippen LogP contribution in [0, 0.1) is 0 Å². The number of benzene rings is 1. The number of rotatable bonds is 2. The summed E-state index contributed by atoms with van der Waals surface area (Å²) in [5, 5.41) is 0. The minimum Gasteiger partial charge on any atom is -0.447 e. The van der Waals surface area contributed by atoms with Crippen LogP contribution in [0.1, 0.15) is 12.5 Å². The zero-order valence-electron chi connectivity index (χ0n) is 9.05. The zero-order chi connectivity index (χ0) is 11.5. The molecule has 1 heterocycles. The quantitative estimate of drug-likeness (QED) is 0.759. The lowest BCUT2D eigenvalue weighted by molar-refractivity contribution is -0.126. The molecule has 0 unspecified atom stereocenters. The monoisotopic (exact) mass is 219 g/mol. The molecule has 0 saturated carbocycles. The van der Waals surface area contributed by atoms with Crippen molar-refractivity contribution in [2.45, 2.75) is 19.4 Å². The molecule has 0 radical (unpaired) electrons. The predicted molar refractivity (Wildman–Crippen MR) is 57.8 cm³/mol. The van der Waals surface area contributed by atoms with Crippen molar-refractivity contribution in [2.24, 2.45) is 0 Å². The van der Waals surface area contributed by atoms with Crippen LogP contribution in [0.4, 0.5) is 4.79 Å². The Hall–Kier alpha value is -1.84. The van der Waals surface area contributed by atoms with Crippen molar-refractivity contribution < 1.29 is 14.3 Å². The van der Waals surface area contributed by atoms with Gasteiger partial charge in [0, 0.05) is 6.92 Å². The molecule has 1 saturated heterocycles. The lowest BCUT2D eigenvalue weighted by Gasteiger charge is -2.17. The molecule has 4 nitrogen and oxygen atoms in total. The maximum atomic E-state index is 11.3. The fraction of sp³-hybridized carbons (Fsp3) is 0.333. The first kappa shape index (κ1) is 10.7. The van der Waals surface area contributed by atoms with E-state index in [2.05, 4.69) is 0 Å². The van der Waals surface area contributed by atoms with Crippen LogP contribution in [0.3, 0.4) is 0 Å². The Morgan fingerprint density at radius 3 is 2.75 bits per heavy atom. The third-order valence-corrected chi connectivity index (χ3v) is 2.61. The first-order valence-corrected chi connectivity index (χ1v) is 5.19. The second kappa shape index (κ2) is 4.35. The van der Waals surface area contributed by atoms with Gasteiger partial charge in [-0.05, 0) is 12.0 Å². The van der Waals surface area contributed by atoms with Crippen molar-refractivity contribution in [3.63, 3.8) is 0 Å². The van der Waals surface area contributed by atoms with Crippen LogP contribution in [0.5, 0.6) is 0 Å². The van der Waals surface area contributed by atoms with Gasteiger partial charge in [-0.15, -0.1) is 0 Å². The molecule has 0 aliphatic carbocycles. The van der Waals surface area contributed by atoms with Crippen molar-refractivity contribution >= 4 is 12.0 Å². The highest BCUT2D eigenvalue weighted by Crippen LogP contribution is 2.17. The average Bonchev–Trinajstić information content (AvgIpc) is 2.61. The largest absolute Gasteiger partial charge is 0.447 e. The van der Waals surface area contributed by atoms with Crippen LogP contribution in [-0.4, -0.2) is 29.5 Å². The van der Waals surface area contributed by atoms with Gasteiger partial charge in [-0.1, -0.05) is 30.3 Å². The maximum absolute atomic E-state index is 11.3. The van der Waals surface area contributed by atoms with E-state index in [0.717, 1.165) is 5.56 Å². The van der Waals surface area contributed by atoms with Crippen molar-refractivity contribution in [3.05, 3.63) is 35.9 Å². The van der Waals surface area contributed by atoms with Gasteiger partial charge < -0.3 is 4.74 Å². The zero-order valence-corrected chi connectivity index (χ0v) is 9.05. The number of carbonyl (C=O) groups excluding carboxylic acids is 2. The lowest BCUT2D eigenvalue weighted by atomic mass is 10.1.